The molecule has 4 heteroatoms. The van der Waals surface area contributed by atoms with Gasteiger partial charge in [-0.25, -0.2) is 0 Å². The van der Waals surface area contributed by atoms with Gasteiger partial charge in [0.25, 0.3) is 0 Å². The Balaban J connectivity index is 1.47. The zero-order valence-corrected chi connectivity index (χ0v) is 14.6. The smallest absolute Gasteiger partial charge is 0.119 e. The number of ether oxygens (including phenoxy) is 2. The summed E-state index contributed by atoms with van der Waals surface area (Å²) < 4.78 is 11.1. The second kappa shape index (κ2) is 7.16. The van der Waals surface area contributed by atoms with Gasteiger partial charge in [0.2, 0.25) is 0 Å². The Morgan fingerprint density at radius 1 is 1.29 bits per heavy atom. The fourth-order valence-corrected chi connectivity index (χ4v) is 4.36. The Bertz CT molecular complexity index is 675. The van der Waals surface area contributed by atoms with Gasteiger partial charge in [-0.15, -0.1) is 0 Å². The van der Waals surface area contributed by atoms with Crippen molar-refractivity contribution in [2.24, 2.45) is 5.92 Å². The third-order valence-electron chi connectivity index (χ3n) is 5.68. The highest BCUT2D eigenvalue weighted by Gasteiger charge is 2.28. The van der Waals surface area contributed by atoms with Gasteiger partial charge in [0.15, 0.2) is 0 Å². The molecule has 3 heterocycles. The zero-order valence-electron chi connectivity index (χ0n) is 14.6. The highest BCUT2D eigenvalue weighted by molar-refractivity contribution is 5.84. The molecule has 1 aromatic heterocycles. The predicted octanol–water partition coefficient (Wildman–Crippen LogP) is 3.61. The minimum atomic E-state index is 0.664. The van der Waals surface area contributed by atoms with Gasteiger partial charge < -0.3 is 14.5 Å². The number of benzene rings is 1. The van der Waals surface area contributed by atoms with Crippen LogP contribution < -0.4 is 4.74 Å². The van der Waals surface area contributed by atoms with Gasteiger partial charge >= 0.3 is 0 Å². The lowest BCUT2D eigenvalue weighted by Gasteiger charge is -2.31. The number of H-pyrrole nitrogens is 1. The van der Waals surface area contributed by atoms with Crippen LogP contribution in [0.4, 0.5) is 0 Å². The molecule has 2 aromatic rings. The minimum absolute atomic E-state index is 0.664. The minimum Gasteiger partial charge on any atom is -0.497 e. The average molecular weight is 328 g/mol. The molecule has 0 aliphatic carbocycles. The van der Waals surface area contributed by atoms with Crippen LogP contribution in [0.3, 0.4) is 0 Å². The number of hydrogen-bond donors (Lipinski definition) is 1. The van der Waals surface area contributed by atoms with E-state index in [4.69, 9.17) is 9.47 Å². The van der Waals surface area contributed by atoms with E-state index in [0.29, 0.717) is 6.04 Å². The molecule has 0 amide bonds. The first-order chi connectivity index (χ1) is 11.8. The first-order valence-corrected chi connectivity index (χ1v) is 9.29. The first-order valence-electron chi connectivity index (χ1n) is 9.29. The van der Waals surface area contributed by atoms with Crippen LogP contribution in [0, 0.1) is 5.92 Å². The summed E-state index contributed by atoms with van der Waals surface area (Å²) in [6.07, 6.45) is 8.50. The highest BCUT2D eigenvalue weighted by atomic mass is 16.5. The maximum absolute atomic E-state index is 5.67. The van der Waals surface area contributed by atoms with E-state index in [1.165, 1.54) is 55.2 Å². The molecule has 4 rings (SSSR count). The third-order valence-corrected chi connectivity index (χ3v) is 5.68. The van der Waals surface area contributed by atoms with Crippen LogP contribution >= 0.6 is 0 Å². The van der Waals surface area contributed by atoms with Gasteiger partial charge in [-0.2, -0.15) is 0 Å². The van der Waals surface area contributed by atoms with Crippen molar-refractivity contribution in [2.45, 2.75) is 38.1 Å². The van der Waals surface area contributed by atoms with Gasteiger partial charge in [0.1, 0.15) is 5.75 Å². The number of nitrogens with zero attached hydrogens (tertiary/aromatic N) is 1. The summed E-state index contributed by atoms with van der Waals surface area (Å²) in [5.74, 6) is 1.66. The Kier molecular flexibility index (Phi) is 4.76. The Morgan fingerprint density at radius 2 is 2.25 bits per heavy atom. The molecule has 2 aliphatic rings. The lowest BCUT2D eigenvalue weighted by Crippen LogP contribution is -2.37. The Morgan fingerprint density at radius 3 is 3.08 bits per heavy atom. The number of nitrogens with one attached hydrogen (secondary N) is 1. The summed E-state index contributed by atoms with van der Waals surface area (Å²) >= 11 is 0. The van der Waals surface area contributed by atoms with Crippen molar-refractivity contribution in [2.75, 3.05) is 33.4 Å². The molecule has 0 unspecified atom stereocenters. The molecule has 0 spiro atoms. The molecule has 4 nitrogen and oxygen atoms in total. The summed E-state index contributed by atoms with van der Waals surface area (Å²) in [6, 6.07) is 6.96. The quantitative estimate of drug-likeness (QED) is 0.911. The van der Waals surface area contributed by atoms with Gasteiger partial charge in [0.05, 0.1) is 13.7 Å². The fraction of sp³-hybridized carbons (Fsp3) is 0.600. The van der Waals surface area contributed by atoms with Gasteiger partial charge in [-0.1, -0.05) is 0 Å². The number of aromatic amines is 1. The number of rotatable bonds is 5. The average Bonchev–Trinajstić information content (AvgIpc) is 3.23. The van der Waals surface area contributed by atoms with Gasteiger partial charge in [0, 0.05) is 36.3 Å². The summed E-state index contributed by atoms with van der Waals surface area (Å²) in [5, 5.41) is 1.31. The number of fused-ring (bicyclic) bond motifs is 1. The van der Waals surface area contributed by atoms with Crippen molar-refractivity contribution in [3.05, 3.63) is 30.0 Å². The van der Waals surface area contributed by atoms with Crippen LogP contribution in [-0.2, 0) is 11.2 Å². The standard InChI is InChI=1S/C20H28N2O2/c1-23-18-6-7-20-19(11-18)16(12-21-20)10-17-5-2-8-22(17)13-15-4-3-9-24-14-15/h6-7,11-12,15,17,21H,2-5,8-10,13-14H2,1H3/t15-,17+/m0/s1. The molecule has 130 valence electrons. The van der Waals surface area contributed by atoms with E-state index in [9.17, 15) is 0 Å². The third kappa shape index (κ3) is 3.31. The largest absolute Gasteiger partial charge is 0.497 e. The van der Waals surface area contributed by atoms with Crippen LogP contribution in [0.15, 0.2) is 24.4 Å². The summed E-state index contributed by atoms with van der Waals surface area (Å²) in [6.45, 7) is 4.35. The molecule has 2 fully saturated rings. The van der Waals surface area contributed by atoms with Crippen LogP contribution in [0.2, 0.25) is 0 Å². The van der Waals surface area contributed by atoms with Crippen molar-refractivity contribution in [3.8, 4) is 5.75 Å². The van der Waals surface area contributed by atoms with Crippen molar-refractivity contribution in [1.82, 2.24) is 9.88 Å². The molecule has 2 atom stereocenters. The Hall–Kier alpha value is -1.52. The molecular weight excluding hydrogens is 300 g/mol. The molecule has 1 aromatic carbocycles. The number of methoxy groups -OCH3 is 1. The highest BCUT2D eigenvalue weighted by Crippen LogP contribution is 2.29. The van der Waals surface area contributed by atoms with Gasteiger partial charge in [-0.3, -0.25) is 4.90 Å². The number of likely N-dealkylation sites (tertiary alicyclic amines) is 1. The topological polar surface area (TPSA) is 37.5 Å². The molecule has 0 bridgehead atoms. The maximum atomic E-state index is 5.67. The van der Waals surface area contributed by atoms with Crippen LogP contribution in [-0.4, -0.2) is 49.3 Å². The first kappa shape index (κ1) is 16.0. The second-order valence-electron chi connectivity index (χ2n) is 7.30. The van der Waals surface area contributed by atoms with E-state index in [0.717, 1.165) is 31.3 Å². The summed E-state index contributed by atoms with van der Waals surface area (Å²) in [4.78, 5) is 6.12. The molecule has 2 aliphatic heterocycles. The SMILES string of the molecule is COc1ccc2[nH]cc(C[C@H]3CCCN3C[C@@H]3CCCOC3)c2c1. The van der Waals surface area contributed by atoms with E-state index < -0.39 is 0 Å². The van der Waals surface area contributed by atoms with E-state index in [1.807, 2.05) is 6.07 Å². The summed E-state index contributed by atoms with van der Waals surface area (Å²) in [5.41, 5.74) is 2.62. The van der Waals surface area contributed by atoms with Gasteiger partial charge in [-0.05, 0) is 68.3 Å². The Labute approximate surface area is 144 Å². The normalized spacial score (nSPS) is 25.4. The van der Waals surface area contributed by atoms with E-state index in [1.54, 1.807) is 7.11 Å². The number of hydrogen-bond acceptors (Lipinski definition) is 3. The molecule has 2 saturated heterocycles. The number of aromatic nitrogens is 1. The lowest BCUT2D eigenvalue weighted by atomic mass is 9.99. The molecule has 24 heavy (non-hydrogen) atoms. The molecule has 0 saturated carbocycles. The van der Waals surface area contributed by atoms with Crippen LogP contribution in [0.25, 0.3) is 10.9 Å². The van der Waals surface area contributed by atoms with Crippen LogP contribution in [0.5, 0.6) is 5.75 Å². The lowest BCUT2D eigenvalue weighted by molar-refractivity contribution is 0.0366. The van der Waals surface area contributed by atoms with E-state index >= 15 is 0 Å². The fourth-order valence-electron chi connectivity index (χ4n) is 4.36. The predicted molar refractivity (Wildman–Crippen MR) is 96.7 cm³/mol. The van der Waals surface area contributed by atoms with Crippen molar-refractivity contribution in [1.29, 1.82) is 0 Å². The molecule has 1 N–H and O–H groups in total. The maximum Gasteiger partial charge on any atom is 0.119 e. The molecular formula is C20H28N2O2. The van der Waals surface area contributed by atoms with Crippen molar-refractivity contribution >= 4 is 10.9 Å². The summed E-state index contributed by atoms with van der Waals surface area (Å²) in [7, 11) is 1.73. The van der Waals surface area contributed by atoms with Crippen molar-refractivity contribution < 1.29 is 9.47 Å². The second-order valence-corrected chi connectivity index (χ2v) is 7.30. The van der Waals surface area contributed by atoms with E-state index in [2.05, 4.69) is 28.2 Å². The van der Waals surface area contributed by atoms with Crippen LogP contribution in [0.1, 0.15) is 31.2 Å². The monoisotopic (exact) mass is 328 g/mol. The molecule has 0 radical (unpaired) electrons. The zero-order chi connectivity index (χ0) is 16.4. The van der Waals surface area contributed by atoms with E-state index in [-0.39, 0.29) is 0 Å². The van der Waals surface area contributed by atoms with Crippen molar-refractivity contribution in [3.63, 3.8) is 0 Å².